The third kappa shape index (κ3) is 2.29. The zero-order chi connectivity index (χ0) is 9.84. The van der Waals surface area contributed by atoms with Crippen LogP contribution < -0.4 is 11.1 Å². The van der Waals surface area contributed by atoms with E-state index in [0.29, 0.717) is 0 Å². The Morgan fingerprint density at radius 3 is 2.31 bits per heavy atom. The molecule has 2 nitrogen and oxygen atoms in total. The number of nitrogens with one attached hydrogen (secondary N) is 1. The molecule has 0 aliphatic heterocycles. The normalized spacial score (nSPS) is 12.9. The molecule has 72 valence electrons. The largest absolute Gasteiger partial charge is 0.323 e. The summed E-state index contributed by atoms with van der Waals surface area (Å²) in [7, 11) is 1.92. The van der Waals surface area contributed by atoms with Gasteiger partial charge in [0.1, 0.15) is 0 Å². The third-order valence-electron chi connectivity index (χ3n) is 2.34. The van der Waals surface area contributed by atoms with Gasteiger partial charge in [-0.1, -0.05) is 18.2 Å². The number of benzene rings is 1. The Bertz CT molecular complexity index is 261. The Balaban J connectivity index is 2.98. The number of hydrogen-bond acceptors (Lipinski definition) is 2. The van der Waals surface area contributed by atoms with Crippen molar-refractivity contribution in [1.29, 1.82) is 0 Å². The maximum atomic E-state index is 6.04. The van der Waals surface area contributed by atoms with Crippen LogP contribution in [0.1, 0.15) is 22.7 Å². The number of nitrogens with two attached hydrogens (primary N) is 1. The first-order chi connectivity index (χ1) is 6.16. The predicted octanol–water partition coefficient (Wildman–Crippen LogP) is 1.52. The van der Waals surface area contributed by atoms with Crippen LogP contribution in [0.15, 0.2) is 18.2 Å². The molecule has 0 bridgehead atoms. The summed E-state index contributed by atoms with van der Waals surface area (Å²) in [6.45, 7) is 5.04. The van der Waals surface area contributed by atoms with Crippen molar-refractivity contribution in [3.8, 4) is 0 Å². The molecule has 0 heterocycles. The molecular weight excluding hydrogens is 160 g/mol. The molecule has 1 unspecified atom stereocenters. The minimum Gasteiger partial charge on any atom is -0.323 e. The summed E-state index contributed by atoms with van der Waals surface area (Å²) in [5.74, 6) is 0. The summed E-state index contributed by atoms with van der Waals surface area (Å²) in [5, 5.41) is 3.10. The van der Waals surface area contributed by atoms with Crippen molar-refractivity contribution < 1.29 is 0 Å². The lowest BCUT2D eigenvalue weighted by Gasteiger charge is -2.16. The standard InChI is InChI=1S/C11H18N2/c1-8-5-4-6-9(2)11(8)10(12)7-13-3/h4-6,10,13H,7,12H2,1-3H3. The van der Waals surface area contributed by atoms with Crippen LogP contribution >= 0.6 is 0 Å². The average molecular weight is 178 g/mol. The van der Waals surface area contributed by atoms with Crippen molar-refractivity contribution in [2.75, 3.05) is 13.6 Å². The van der Waals surface area contributed by atoms with Crippen LogP contribution in [0.25, 0.3) is 0 Å². The van der Waals surface area contributed by atoms with E-state index >= 15 is 0 Å². The first-order valence-electron chi connectivity index (χ1n) is 4.63. The summed E-state index contributed by atoms with van der Waals surface area (Å²) in [6, 6.07) is 6.39. The molecule has 0 amide bonds. The van der Waals surface area contributed by atoms with Crippen LogP contribution in [0.5, 0.6) is 0 Å². The fraction of sp³-hybridized carbons (Fsp3) is 0.455. The molecule has 0 aromatic heterocycles. The van der Waals surface area contributed by atoms with E-state index in [4.69, 9.17) is 5.73 Å². The van der Waals surface area contributed by atoms with Gasteiger partial charge in [-0.3, -0.25) is 0 Å². The quantitative estimate of drug-likeness (QED) is 0.736. The molecule has 1 atom stereocenters. The molecule has 3 N–H and O–H groups in total. The Labute approximate surface area is 80.1 Å². The van der Waals surface area contributed by atoms with Gasteiger partial charge in [0.15, 0.2) is 0 Å². The Morgan fingerprint density at radius 1 is 1.31 bits per heavy atom. The topological polar surface area (TPSA) is 38.0 Å². The van der Waals surface area contributed by atoms with Crippen LogP contribution in [0.3, 0.4) is 0 Å². The molecule has 0 aliphatic rings. The molecule has 2 heteroatoms. The fourth-order valence-corrected chi connectivity index (χ4v) is 1.73. The van der Waals surface area contributed by atoms with Crippen molar-refractivity contribution in [2.24, 2.45) is 5.73 Å². The summed E-state index contributed by atoms with van der Waals surface area (Å²) in [5.41, 5.74) is 9.88. The molecule has 0 aliphatic carbocycles. The van der Waals surface area contributed by atoms with Crippen molar-refractivity contribution in [2.45, 2.75) is 19.9 Å². The zero-order valence-corrected chi connectivity index (χ0v) is 8.59. The second-order valence-electron chi connectivity index (χ2n) is 3.47. The minimum absolute atomic E-state index is 0.103. The molecule has 1 aromatic carbocycles. The summed E-state index contributed by atoms with van der Waals surface area (Å²) >= 11 is 0. The molecule has 0 spiro atoms. The van der Waals surface area contributed by atoms with E-state index in [1.807, 2.05) is 7.05 Å². The van der Waals surface area contributed by atoms with Gasteiger partial charge >= 0.3 is 0 Å². The van der Waals surface area contributed by atoms with Crippen LogP contribution in [0.4, 0.5) is 0 Å². The van der Waals surface area contributed by atoms with E-state index in [1.165, 1.54) is 16.7 Å². The monoisotopic (exact) mass is 178 g/mol. The van der Waals surface area contributed by atoms with Gasteiger partial charge in [0.2, 0.25) is 0 Å². The molecule has 0 fully saturated rings. The Morgan fingerprint density at radius 2 is 1.85 bits per heavy atom. The maximum Gasteiger partial charge on any atom is 0.0426 e. The number of rotatable bonds is 3. The highest BCUT2D eigenvalue weighted by molar-refractivity contribution is 5.36. The molecule has 0 saturated carbocycles. The molecule has 1 aromatic rings. The van der Waals surface area contributed by atoms with Crippen molar-refractivity contribution in [3.05, 3.63) is 34.9 Å². The molecule has 1 rings (SSSR count). The van der Waals surface area contributed by atoms with E-state index in [-0.39, 0.29) is 6.04 Å². The zero-order valence-electron chi connectivity index (χ0n) is 8.59. The Kier molecular flexibility index (Phi) is 3.46. The SMILES string of the molecule is CNCC(N)c1c(C)cccc1C. The van der Waals surface area contributed by atoms with Crippen LogP contribution in [-0.2, 0) is 0 Å². The number of hydrogen-bond donors (Lipinski definition) is 2. The third-order valence-corrected chi connectivity index (χ3v) is 2.34. The lowest BCUT2D eigenvalue weighted by Crippen LogP contribution is -2.25. The lowest BCUT2D eigenvalue weighted by molar-refractivity contribution is 0.646. The van der Waals surface area contributed by atoms with Gasteiger partial charge in [0, 0.05) is 12.6 Å². The fourth-order valence-electron chi connectivity index (χ4n) is 1.73. The summed E-state index contributed by atoms with van der Waals surface area (Å²) < 4.78 is 0. The van der Waals surface area contributed by atoms with Crippen LogP contribution in [0.2, 0.25) is 0 Å². The van der Waals surface area contributed by atoms with Crippen molar-refractivity contribution >= 4 is 0 Å². The second-order valence-corrected chi connectivity index (χ2v) is 3.47. The maximum absolute atomic E-state index is 6.04. The molecule has 0 radical (unpaired) electrons. The summed E-state index contributed by atoms with van der Waals surface area (Å²) in [6.07, 6.45) is 0. The molecule has 0 saturated heterocycles. The Hall–Kier alpha value is -0.860. The van der Waals surface area contributed by atoms with Crippen LogP contribution in [0, 0.1) is 13.8 Å². The highest BCUT2D eigenvalue weighted by atomic mass is 14.9. The second kappa shape index (κ2) is 4.40. The summed E-state index contributed by atoms with van der Waals surface area (Å²) in [4.78, 5) is 0. The van der Waals surface area contributed by atoms with Gasteiger partial charge in [-0.25, -0.2) is 0 Å². The number of aryl methyl sites for hydroxylation is 2. The highest BCUT2D eigenvalue weighted by Gasteiger charge is 2.09. The van der Waals surface area contributed by atoms with Gasteiger partial charge in [0.05, 0.1) is 0 Å². The highest BCUT2D eigenvalue weighted by Crippen LogP contribution is 2.19. The van der Waals surface area contributed by atoms with E-state index in [9.17, 15) is 0 Å². The first-order valence-corrected chi connectivity index (χ1v) is 4.63. The molecule has 13 heavy (non-hydrogen) atoms. The minimum atomic E-state index is 0.103. The van der Waals surface area contributed by atoms with E-state index in [2.05, 4.69) is 37.4 Å². The van der Waals surface area contributed by atoms with Crippen molar-refractivity contribution in [3.63, 3.8) is 0 Å². The van der Waals surface area contributed by atoms with E-state index < -0.39 is 0 Å². The predicted molar refractivity (Wildman–Crippen MR) is 56.8 cm³/mol. The van der Waals surface area contributed by atoms with Gasteiger partial charge < -0.3 is 11.1 Å². The molecular formula is C11H18N2. The van der Waals surface area contributed by atoms with Gasteiger partial charge in [-0.15, -0.1) is 0 Å². The van der Waals surface area contributed by atoms with Crippen LogP contribution in [-0.4, -0.2) is 13.6 Å². The average Bonchev–Trinajstić information content (AvgIpc) is 2.04. The lowest BCUT2D eigenvalue weighted by atomic mass is 9.97. The van der Waals surface area contributed by atoms with E-state index in [1.54, 1.807) is 0 Å². The van der Waals surface area contributed by atoms with Gasteiger partial charge in [0.25, 0.3) is 0 Å². The van der Waals surface area contributed by atoms with Gasteiger partial charge in [-0.05, 0) is 37.6 Å². The smallest absolute Gasteiger partial charge is 0.0426 e. The van der Waals surface area contributed by atoms with Crippen molar-refractivity contribution in [1.82, 2.24) is 5.32 Å². The number of likely N-dealkylation sites (N-methyl/N-ethyl adjacent to an activating group) is 1. The first kappa shape index (κ1) is 10.2. The van der Waals surface area contributed by atoms with Gasteiger partial charge in [-0.2, -0.15) is 0 Å². The van der Waals surface area contributed by atoms with E-state index in [0.717, 1.165) is 6.54 Å².